The maximum absolute atomic E-state index is 4.08. The van der Waals surface area contributed by atoms with E-state index < -0.39 is 0 Å². The predicted octanol–water partition coefficient (Wildman–Crippen LogP) is 2.82. The van der Waals surface area contributed by atoms with Crippen LogP contribution in [0.2, 0.25) is 0 Å². The van der Waals surface area contributed by atoms with Gasteiger partial charge in [-0.05, 0) is 63.4 Å². The summed E-state index contributed by atoms with van der Waals surface area (Å²) in [5.74, 6) is 0. The Labute approximate surface area is 117 Å². The summed E-state index contributed by atoms with van der Waals surface area (Å²) in [5.41, 5.74) is 1.36. The Morgan fingerprint density at radius 2 is 2.11 bits per heavy atom. The molecule has 0 saturated heterocycles. The van der Waals surface area contributed by atoms with Gasteiger partial charge in [0.25, 0.3) is 0 Å². The van der Waals surface area contributed by atoms with E-state index in [4.69, 9.17) is 0 Å². The van der Waals surface area contributed by atoms with Crippen molar-refractivity contribution in [3.05, 3.63) is 30.1 Å². The highest BCUT2D eigenvalue weighted by atomic mass is 15.1. The van der Waals surface area contributed by atoms with Gasteiger partial charge in [-0.15, -0.1) is 0 Å². The summed E-state index contributed by atoms with van der Waals surface area (Å²) in [4.78, 5) is 6.63. The Hall–Kier alpha value is -0.930. The van der Waals surface area contributed by atoms with E-state index in [0.717, 1.165) is 19.1 Å². The molecule has 1 heterocycles. The molecule has 0 bridgehead atoms. The highest BCUT2D eigenvalue weighted by Gasteiger charge is 2.20. The van der Waals surface area contributed by atoms with Crippen molar-refractivity contribution in [2.45, 2.75) is 58.2 Å². The lowest BCUT2D eigenvalue weighted by molar-refractivity contribution is 0.198. The van der Waals surface area contributed by atoms with Gasteiger partial charge < -0.3 is 5.32 Å². The molecule has 1 saturated carbocycles. The molecule has 106 valence electrons. The van der Waals surface area contributed by atoms with Crippen LogP contribution in [0.1, 0.15) is 45.1 Å². The molecule has 1 aromatic heterocycles. The summed E-state index contributed by atoms with van der Waals surface area (Å²) in [6.07, 6.45) is 9.10. The molecule has 1 atom stereocenters. The highest BCUT2D eigenvalue weighted by molar-refractivity contribution is 5.09. The molecular weight excluding hydrogens is 234 g/mol. The molecule has 1 aliphatic carbocycles. The molecule has 0 aliphatic heterocycles. The standard InChI is InChI=1S/C16H27N3/c1-3-19(13-15-8-11-17-12-9-15)14(2)5-4-10-18-16-6-7-16/h8-9,11-12,14,16,18H,3-7,10,13H2,1-2H3. The average molecular weight is 261 g/mol. The van der Waals surface area contributed by atoms with Crippen molar-refractivity contribution < 1.29 is 0 Å². The Morgan fingerprint density at radius 1 is 1.37 bits per heavy atom. The number of rotatable bonds is 9. The topological polar surface area (TPSA) is 28.2 Å². The Kier molecular flexibility index (Phi) is 5.80. The second-order valence-corrected chi connectivity index (χ2v) is 5.64. The third kappa shape index (κ3) is 5.29. The van der Waals surface area contributed by atoms with Gasteiger partial charge >= 0.3 is 0 Å². The smallest absolute Gasteiger partial charge is 0.0271 e. The second kappa shape index (κ2) is 7.61. The van der Waals surface area contributed by atoms with E-state index in [0.29, 0.717) is 6.04 Å². The fraction of sp³-hybridized carbons (Fsp3) is 0.688. The quantitative estimate of drug-likeness (QED) is 0.693. The first-order valence-corrected chi connectivity index (χ1v) is 7.66. The van der Waals surface area contributed by atoms with Crippen LogP contribution in [0.3, 0.4) is 0 Å². The molecule has 0 radical (unpaired) electrons. The number of nitrogens with zero attached hydrogens (tertiary/aromatic N) is 2. The van der Waals surface area contributed by atoms with Crippen LogP contribution >= 0.6 is 0 Å². The number of nitrogens with one attached hydrogen (secondary N) is 1. The molecule has 3 nitrogen and oxygen atoms in total. The van der Waals surface area contributed by atoms with Gasteiger partial charge in [-0.1, -0.05) is 6.92 Å². The molecule has 1 N–H and O–H groups in total. The summed E-state index contributed by atoms with van der Waals surface area (Å²) in [7, 11) is 0. The number of pyridine rings is 1. The zero-order valence-corrected chi connectivity index (χ0v) is 12.3. The van der Waals surface area contributed by atoms with Gasteiger partial charge in [-0.3, -0.25) is 9.88 Å². The van der Waals surface area contributed by atoms with E-state index in [9.17, 15) is 0 Å². The molecule has 3 heteroatoms. The summed E-state index contributed by atoms with van der Waals surface area (Å²) in [6.45, 7) is 7.93. The highest BCUT2D eigenvalue weighted by Crippen LogP contribution is 2.18. The molecular formula is C16H27N3. The van der Waals surface area contributed by atoms with E-state index in [2.05, 4.69) is 41.2 Å². The van der Waals surface area contributed by atoms with Gasteiger partial charge in [-0.25, -0.2) is 0 Å². The first kappa shape index (κ1) is 14.5. The van der Waals surface area contributed by atoms with Gasteiger partial charge in [0, 0.05) is 31.0 Å². The Bertz CT molecular complexity index is 348. The van der Waals surface area contributed by atoms with E-state index in [1.165, 1.54) is 37.8 Å². The maximum Gasteiger partial charge on any atom is 0.0271 e. The van der Waals surface area contributed by atoms with Crippen LogP contribution in [0.5, 0.6) is 0 Å². The van der Waals surface area contributed by atoms with Crippen LogP contribution in [-0.2, 0) is 6.54 Å². The normalized spacial score (nSPS) is 16.8. The van der Waals surface area contributed by atoms with Crippen LogP contribution in [0, 0.1) is 0 Å². The van der Waals surface area contributed by atoms with Crippen molar-refractivity contribution in [2.24, 2.45) is 0 Å². The van der Waals surface area contributed by atoms with Gasteiger partial charge in [-0.2, -0.15) is 0 Å². The number of aromatic nitrogens is 1. The summed E-state index contributed by atoms with van der Waals surface area (Å²) < 4.78 is 0. The minimum absolute atomic E-state index is 0.652. The van der Waals surface area contributed by atoms with Gasteiger partial charge in [0.05, 0.1) is 0 Å². The van der Waals surface area contributed by atoms with Crippen molar-refractivity contribution in [1.29, 1.82) is 0 Å². The van der Waals surface area contributed by atoms with Crippen LogP contribution in [0.25, 0.3) is 0 Å². The molecule has 0 spiro atoms. The van der Waals surface area contributed by atoms with Crippen LogP contribution < -0.4 is 5.32 Å². The maximum atomic E-state index is 4.08. The predicted molar refractivity (Wildman–Crippen MR) is 80.0 cm³/mol. The third-order valence-corrected chi connectivity index (χ3v) is 3.97. The first-order chi connectivity index (χ1) is 9.29. The lowest BCUT2D eigenvalue weighted by Gasteiger charge is -2.28. The van der Waals surface area contributed by atoms with Crippen molar-refractivity contribution in [3.8, 4) is 0 Å². The Balaban J connectivity index is 1.69. The second-order valence-electron chi connectivity index (χ2n) is 5.64. The zero-order chi connectivity index (χ0) is 13.5. The molecule has 1 aliphatic rings. The molecule has 0 aromatic carbocycles. The molecule has 19 heavy (non-hydrogen) atoms. The molecule has 1 unspecified atom stereocenters. The summed E-state index contributed by atoms with van der Waals surface area (Å²) in [5, 5.41) is 3.59. The van der Waals surface area contributed by atoms with E-state index >= 15 is 0 Å². The lowest BCUT2D eigenvalue weighted by Crippen LogP contribution is -2.33. The first-order valence-electron chi connectivity index (χ1n) is 7.66. The van der Waals surface area contributed by atoms with Crippen LogP contribution in [0.4, 0.5) is 0 Å². The van der Waals surface area contributed by atoms with Gasteiger partial charge in [0.2, 0.25) is 0 Å². The lowest BCUT2D eigenvalue weighted by atomic mass is 10.1. The summed E-state index contributed by atoms with van der Waals surface area (Å²) >= 11 is 0. The average Bonchev–Trinajstić information content (AvgIpc) is 3.26. The largest absolute Gasteiger partial charge is 0.314 e. The minimum Gasteiger partial charge on any atom is -0.314 e. The third-order valence-electron chi connectivity index (χ3n) is 3.97. The van der Waals surface area contributed by atoms with Crippen LogP contribution in [0.15, 0.2) is 24.5 Å². The molecule has 0 amide bonds. The van der Waals surface area contributed by atoms with E-state index in [1.54, 1.807) is 0 Å². The molecule has 2 rings (SSSR count). The van der Waals surface area contributed by atoms with Crippen molar-refractivity contribution in [2.75, 3.05) is 13.1 Å². The van der Waals surface area contributed by atoms with Gasteiger partial charge in [0.1, 0.15) is 0 Å². The van der Waals surface area contributed by atoms with E-state index in [1.807, 2.05) is 12.4 Å². The zero-order valence-electron chi connectivity index (χ0n) is 12.3. The number of hydrogen-bond donors (Lipinski definition) is 1. The van der Waals surface area contributed by atoms with Crippen molar-refractivity contribution in [1.82, 2.24) is 15.2 Å². The monoisotopic (exact) mass is 261 g/mol. The van der Waals surface area contributed by atoms with Crippen molar-refractivity contribution >= 4 is 0 Å². The van der Waals surface area contributed by atoms with Crippen LogP contribution in [-0.4, -0.2) is 35.1 Å². The number of hydrogen-bond acceptors (Lipinski definition) is 3. The fourth-order valence-electron chi connectivity index (χ4n) is 2.48. The van der Waals surface area contributed by atoms with Gasteiger partial charge in [0.15, 0.2) is 0 Å². The Morgan fingerprint density at radius 3 is 2.74 bits per heavy atom. The fourth-order valence-corrected chi connectivity index (χ4v) is 2.48. The molecule has 1 fully saturated rings. The SMILES string of the molecule is CCN(Cc1ccncc1)C(C)CCCNC1CC1. The van der Waals surface area contributed by atoms with E-state index in [-0.39, 0.29) is 0 Å². The summed E-state index contributed by atoms with van der Waals surface area (Å²) in [6, 6.07) is 5.72. The molecule has 1 aromatic rings. The minimum atomic E-state index is 0.652. The van der Waals surface area contributed by atoms with Crippen molar-refractivity contribution in [3.63, 3.8) is 0 Å².